The van der Waals surface area contributed by atoms with Gasteiger partial charge in [0.1, 0.15) is 0 Å². The molecule has 2 N–H and O–H groups in total. The third-order valence-corrected chi connectivity index (χ3v) is 5.70. The van der Waals surface area contributed by atoms with Crippen molar-refractivity contribution in [3.63, 3.8) is 0 Å². The van der Waals surface area contributed by atoms with Crippen molar-refractivity contribution in [3.8, 4) is 11.5 Å². The van der Waals surface area contributed by atoms with Gasteiger partial charge in [-0.15, -0.1) is 5.10 Å². The van der Waals surface area contributed by atoms with E-state index in [-0.39, 0.29) is 28.1 Å². The van der Waals surface area contributed by atoms with Crippen LogP contribution in [0.15, 0.2) is 82.4 Å². The Balaban J connectivity index is 1.55. The number of para-hydroxylation sites is 1. The first-order valence-corrected chi connectivity index (χ1v) is 10.6. The van der Waals surface area contributed by atoms with E-state index in [4.69, 9.17) is 4.42 Å². The van der Waals surface area contributed by atoms with Gasteiger partial charge < -0.3 is 4.42 Å². The van der Waals surface area contributed by atoms with Crippen molar-refractivity contribution in [3.05, 3.63) is 84.2 Å². The van der Waals surface area contributed by atoms with Crippen molar-refractivity contribution in [1.29, 1.82) is 0 Å². The van der Waals surface area contributed by atoms with Gasteiger partial charge in [-0.1, -0.05) is 34.9 Å². The quantitative estimate of drug-likeness (QED) is 0.474. The number of hydrogen-bond donors (Lipinski definition) is 2. The van der Waals surface area contributed by atoms with Crippen LogP contribution in [0.3, 0.4) is 0 Å². The fraction of sp³-hybridized carbons (Fsp3) is 0.0476. The van der Waals surface area contributed by atoms with E-state index < -0.39 is 15.9 Å². The van der Waals surface area contributed by atoms with Crippen LogP contribution in [0.4, 0.5) is 11.7 Å². The number of anilines is 2. The molecule has 0 saturated carbocycles. The molecular formula is C21H17N5O4S. The lowest BCUT2D eigenvalue weighted by atomic mass is 10.2. The number of amides is 1. The van der Waals surface area contributed by atoms with Crippen LogP contribution < -0.4 is 10.0 Å². The summed E-state index contributed by atoms with van der Waals surface area (Å²) in [4.78, 5) is 16.8. The lowest BCUT2D eigenvalue weighted by molar-refractivity contribution is 0.102. The summed E-state index contributed by atoms with van der Waals surface area (Å²) in [5.74, 6) is -0.391. The van der Waals surface area contributed by atoms with Crippen molar-refractivity contribution in [1.82, 2.24) is 15.2 Å². The average molecular weight is 435 g/mol. The molecule has 0 aliphatic heterocycles. The molecule has 4 aromatic rings. The summed E-state index contributed by atoms with van der Waals surface area (Å²) >= 11 is 0. The minimum absolute atomic E-state index is 0.0900. The highest BCUT2D eigenvalue weighted by molar-refractivity contribution is 7.92. The number of rotatable bonds is 6. The van der Waals surface area contributed by atoms with Crippen molar-refractivity contribution in [2.75, 3.05) is 10.0 Å². The van der Waals surface area contributed by atoms with Gasteiger partial charge in [0.15, 0.2) is 0 Å². The number of carbonyl (C=O) groups is 1. The van der Waals surface area contributed by atoms with E-state index in [1.807, 2.05) is 6.92 Å². The van der Waals surface area contributed by atoms with E-state index in [2.05, 4.69) is 25.2 Å². The number of sulfonamides is 1. The summed E-state index contributed by atoms with van der Waals surface area (Å²) in [6.45, 7) is 1.86. The fourth-order valence-corrected chi connectivity index (χ4v) is 3.82. The maximum Gasteiger partial charge on any atom is 0.322 e. The van der Waals surface area contributed by atoms with Crippen molar-refractivity contribution in [2.24, 2.45) is 0 Å². The third kappa shape index (κ3) is 4.59. The molecule has 0 aliphatic rings. The van der Waals surface area contributed by atoms with Crippen LogP contribution in [-0.2, 0) is 10.0 Å². The molecule has 0 unspecified atom stereocenters. The van der Waals surface area contributed by atoms with Gasteiger partial charge in [0.2, 0.25) is 5.89 Å². The van der Waals surface area contributed by atoms with Gasteiger partial charge in [0.25, 0.3) is 15.9 Å². The first-order chi connectivity index (χ1) is 14.9. The maximum absolute atomic E-state index is 12.8. The molecule has 0 bridgehead atoms. The van der Waals surface area contributed by atoms with E-state index in [9.17, 15) is 13.2 Å². The highest BCUT2D eigenvalue weighted by Gasteiger charge is 2.20. The van der Waals surface area contributed by atoms with Gasteiger partial charge >= 0.3 is 6.01 Å². The Labute approximate surface area is 178 Å². The molecule has 0 atom stereocenters. The van der Waals surface area contributed by atoms with Crippen LogP contribution in [0.2, 0.25) is 0 Å². The van der Waals surface area contributed by atoms with Gasteiger partial charge in [-0.05, 0) is 43.3 Å². The van der Waals surface area contributed by atoms with Crippen molar-refractivity contribution < 1.29 is 17.6 Å². The molecule has 0 radical (unpaired) electrons. The second-order valence-corrected chi connectivity index (χ2v) is 8.25. The predicted octanol–water partition coefficient (Wildman–Crippen LogP) is 3.49. The minimum Gasteiger partial charge on any atom is -0.403 e. The lowest BCUT2D eigenvalue weighted by Crippen LogP contribution is -2.18. The largest absolute Gasteiger partial charge is 0.403 e. The first-order valence-electron chi connectivity index (χ1n) is 9.16. The molecule has 2 aromatic heterocycles. The Morgan fingerprint density at radius 2 is 1.65 bits per heavy atom. The summed E-state index contributed by atoms with van der Waals surface area (Å²) in [5, 5.41) is 10.2. The smallest absolute Gasteiger partial charge is 0.322 e. The molecule has 10 heteroatoms. The van der Waals surface area contributed by atoms with Crippen molar-refractivity contribution in [2.45, 2.75) is 11.8 Å². The highest BCUT2D eigenvalue weighted by Crippen LogP contribution is 2.23. The van der Waals surface area contributed by atoms with Crippen LogP contribution in [0.1, 0.15) is 15.9 Å². The SMILES string of the molecule is Cc1ccc(S(=O)(=O)Nc2ccccc2C(=O)Nc2nnc(-c3ccncc3)o2)cc1. The molecule has 31 heavy (non-hydrogen) atoms. The number of hydrogen-bond acceptors (Lipinski definition) is 7. The van der Waals surface area contributed by atoms with Crippen LogP contribution in [0.5, 0.6) is 0 Å². The van der Waals surface area contributed by atoms with Crippen LogP contribution in [0, 0.1) is 6.92 Å². The highest BCUT2D eigenvalue weighted by atomic mass is 32.2. The standard InChI is InChI=1S/C21H17N5O4S/c1-14-6-8-16(9-7-14)31(28,29)26-18-5-3-2-4-17(18)19(27)23-21-25-24-20(30-21)15-10-12-22-13-11-15/h2-13,26H,1H3,(H,23,25,27). The van der Waals surface area contributed by atoms with E-state index in [1.165, 1.54) is 24.3 Å². The number of aromatic nitrogens is 3. The number of nitrogens with zero attached hydrogens (tertiary/aromatic N) is 3. The van der Waals surface area contributed by atoms with Gasteiger partial charge in [-0.25, -0.2) is 8.42 Å². The number of benzene rings is 2. The van der Waals surface area contributed by atoms with Gasteiger partial charge in [-0.2, -0.15) is 0 Å². The maximum atomic E-state index is 12.8. The van der Waals surface area contributed by atoms with Crippen LogP contribution in [0.25, 0.3) is 11.5 Å². The number of carbonyl (C=O) groups excluding carboxylic acids is 1. The normalized spacial score (nSPS) is 11.1. The van der Waals surface area contributed by atoms with E-state index in [0.29, 0.717) is 5.56 Å². The zero-order valence-corrected chi connectivity index (χ0v) is 17.1. The third-order valence-electron chi connectivity index (χ3n) is 4.32. The Kier molecular flexibility index (Phi) is 5.46. The predicted molar refractivity (Wildman–Crippen MR) is 114 cm³/mol. The van der Waals surface area contributed by atoms with Gasteiger partial charge in [0, 0.05) is 18.0 Å². The second-order valence-electron chi connectivity index (χ2n) is 6.57. The molecule has 156 valence electrons. The van der Waals surface area contributed by atoms with Crippen molar-refractivity contribution >= 4 is 27.6 Å². The molecule has 4 rings (SSSR count). The molecule has 0 saturated heterocycles. The zero-order chi connectivity index (χ0) is 21.8. The average Bonchev–Trinajstić information content (AvgIpc) is 3.23. The summed E-state index contributed by atoms with van der Waals surface area (Å²) in [6, 6.07) is 15.9. The van der Waals surface area contributed by atoms with Crippen LogP contribution >= 0.6 is 0 Å². The topological polar surface area (TPSA) is 127 Å². The molecule has 0 spiro atoms. The molecule has 0 aliphatic carbocycles. The summed E-state index contributed by atoms with van der Waals surface area (Å²) < 4.78 is 33.4. The van der Waals surface area contributed by atoms with Gasteiger partial charge in [0.05, 0.1) is 16.1 Å². The minimum atomic E-state index is -3.88. The van der Waals surface area contributed by atoms with E-state index >= 15 is 0 Å². The summed E-state index contributed by atoms with van der Waals surface area (Å²) in [6.07, 6.45) is 3.16. The number of nitrogens with one attached hydrogen (secondary N) is 2. The number of pyridine rings is 1. The molecular weight excluding hydrogens is 418 g/mol. The molecule has 2 aromatic carbocycles. The van der Waals surface area contributed by atoms with Crippen LogP contribution in [-0.4, -0.2) is 29.5 Å². The zero-order valence-electron chi connectivity index (χ0n) is 16.3. The molecule has 1 amide bonds. The lowest BCUT2D eigenvalue weighted by Gasteiger charge is -2.12. The molecule has 0 fully saturated rings. The Hall–Kier alpha value is -4.05. The first kappa shape index (κ1) is 20.2. The van der Waals surface area contributed by atoms with E-state index in [0.717, 1.165) is 5.56 Å². The Bertz CT molecular complexity index is 1320. The Morgan fingerprint density at radius 3 is 2.39 bits per heavy atom. The summed E-state index contributed by atoms with van der Waals surface area (Å²) in [7, 11) is -3.88. The fourth-order valence-electron chi connectivity index (χ4n) is 2.74. The Morgan fingerprint density at radius 1 is 0.935 bits per heavy atom. The van der Waals surface area contributed by atoms with E-state index in [1.54, 1.807) is 48.8 Å². The number of aryl methyl sites for hydroxylation is 1. The summed E-state index contributed by atoms with van der Waals surface area (Å²) in [5.41, 5.74) is 1.80. The molecule has 9 nitrogen and oxygen atoms in total. The monoisotopic (exact) mass is 435 g/mol. The van der Waals surface area contributed by atoms with Gasteiger partial charge in [-0.3, -0.25) is 19.8 Å². The second kappa shape index (κ2) is 8.36. The molecule has 2 heterocycles.